The number of nitrogens with one attached hydrogen (secondary N) is 2. The van der Waals surface area contributed by atoms with E-state index in [0.29, 0.717) is 12.4 Å². The molecule has 1 aromatic carbocycles. The molecular weight excluding hydrogens is 330 g/mol. The van der Waals surface area contributed by atoms with Gasteiger partial charge in [-0.05, 0) is 25.6 Å². The van der Waals surface area contributed by atoms with Crippen molar-refractivity contribution in [2.45, 2.75) is 13.0 Å². The number of aromatic nitrogens is 1. The number of likely N-dealkylation sites (N-methyl/N-ethyl adjacent to an activating group) is 1. The fourth-order valence-electron chi connectivity index (χ4n) is 2.45. The van der Waals surface area contributed by atoms with Crippen LogP contribution in [-0.2, 0) is 11.3 Å². The minimum atomic E-state index is 0.555. The van der Waals surface area contributed by atoms with Gasteiger partial charge in [-0.15, -0.1) is 0 Å². The van der Waals surface area contributed by atoms with Crippen LogP contribution in [0.1, 0.15) is 12.1 Å². The number of benzene rings is 1. The van der Waals surface area contributed by atoms with Crippen LogP contribution in [0.3, 0.4) is 0 Å². The lowest BCUT2D eigenvalue weighted by Crippen LogP contribution is -2.40. The molecule has 0 unspecified atom stereocenters. The third-order valence-corrected chi connectivity index (χ3v) is 3.91. The second-order valence-electron chi connectivity index (χ2n) is 6.01. The van der Waals surface area contributed by atoms with Crippen molar-refractivity contribution in [1.29, 1.82) is 0 Å². The molecule has 0 aliphatic carbocycles. The topological polar surface area (TPSA) is 74.9 Å². The minimum absolute atomic E-state index is 0.555. The highest BCUT2D eigenvalue weighted by Crippen LogP contribution is 2.17. The van der Waals surface area contributed by atoms with Gasteiger partial charge >= 0.3 is 0 Å². The molecule has 0 atom stereocenters. The van der Waals surface area contributed by atoms with Crippen molar-refractivity contribution in [3.8, 4) is 11.5 Å². The molecule has 0 saturated carbocycles. The zero-order valence-electron chi connectivity index (χ0n) is 15.9. The maximum absolute atomic E-state index is 5.55. The molecule has 7 nitrogen and oxygen atoms in total. The van der Waals surface area contributed by atoms with Crippen LogP contribution in [-0.4, -0.2) is 63.3 Å². The fourth-order valence-corrected chi connectivity index (χ4v) is 2.45. The van der Waals surface area contributed by atoms with E-state index in [0.717, 1.165) is 49.9 Å². The van der Waals surface area contributed by atoms with Crippen LogP contribution >= 0.6 is 0 Å². The highest BCUT2D eigenvalue weighted by molar-refractivity contribution is 5.79. The van der Waals surface area contributed by atoms with E-state index in [1.165, 1.54) is 0 Å². The molecular formula is C19H29N5O2. The van der Waals surface area contributed by atoms with Gasteiger partial charge in [0.2, 0.25) is 5.89 Å². The summed E-state index contributed by atoms with van der Waals surface area (Å²) in [5.41, 5.74) is 1.81. The summed E-state index contributed by atoms with van der Waals surface area (Å²) in [6, 6.07) is 9.87. The van der Waals surface area contributed by atoms with Gasteiger partial charge in [-0.3, -0.25) is 4.99 Å². The van der Waals surface area contributed by atoms with Gasteiger partial charge in [0, 0.05) is 46.0 Å². The first-order chi connectivity index (χ1) is 12.7. The van der Waals surface area contributed by atoms with Gasteiger partial charge in [0.1, 0.15) is 6.26 Å². The Morgan fingerprint density at radius 2 is 2.04 bits per heavy atom. The highest BCUT2D eigenvalue weighted by atomic mass is 16.5. The quantitative estimate of drug-likeness (QED) is 0.384. The molecule has 0 radical (unpaired) electrons. The van der Waals surface area contributed by atoms with Crippen LogP contribution in [0.15, 0.2) is 46.0 Å². The van der Waals surface area contributed by atoms with Gasteiger partial charge in [-0.2, -0.15) is 0 Å². The third-order valence-electron chi connectivity index (χ3n) is 3.91. The van der Waals surface area contributed by atoms with Gasteiger partial charge in [0.25, 0.3) is 0 Å². The summed E-state index contributed by atoms with van der Waals surface area (Å²) in [5, 5.41) is 6.56. The SMILES string of the molecule is CN=C(NCCN(C)CCCOC)NCc1coc(-c2ccccc2)n1. The molecule has 0 spiro atoms. The highest BCUT2D eigenvalue weighted by Gasteiger charge is 2.07. The van der Waals surface area contributed by atoms with Crippen molar-refractivity contribution in [2.75, 3.05) is 47.4 Å². The predicted molar refractivity (Wildman–Crippen MR) is 104 cm³/mol. The number of hydrogen-bond donors (Lipinski definition) is 2. The standard InChI is InChI=1S/C19H29N5O2/c1-20-19(21-10-12-24(2)11-7-13-25-3)22-14-17-15-26-18(23-17)16-8-5-4-6-9-16/h4-6,8-9,15H,7,10-14H2,1-3H3,(H2,20,21,22). The summed E-state index contributed by atoms with van der Waals surface area (Å²) < 4.78 is 10.6. The summed E-state index contributed by atoms with van der Waals surface area (Å²) in [7, 11) is 5.60. The van der Waals surface area contributed by atoms with Gasteiger partial charge in [0.15, 0.2) is 5.96 Å². The lowest BCUT2D eigenvalue weighted by molar-refractivity contribution is 0.180. The van der Waals surface area contributed by atoms with E-state index < -0.39 is 0 Å². The van der Waals surface area contributed by atoms with E-state index in [1.807, 2.05) is 30.3 Å². The second kappa shape index (κ2) is 11.3. The number of oxazole rings is 1. The van der Waals surface area contributed by atoms with Crippen LogP contribution in [0.5, 0.6) is 0 Å². The third kappa shape index (κ3) is 6.85. The van der Waals surface area contributed by atoms with Gasteiger partial charge in [0.05, 0.1) is 12.2 Å². The molecule has 26 heavy (non-hydrogen) atoms. The van der Waals surface area contributed by atoms with E-state index in [9.17, 15) is 0 Å². The van der Waals surface area contributed by atoms with Crippen molar-refractivity contribution < 1.29 is 9.15 Å². The molecule has 2 N–H and O–H groups in total. The summed E-state index contributed by atoms with van der Waals surface area (Å²) in [6.45, 7) is 4.12. The molecule has 0 amide bonds. The largest absolute Gasteiger partial charge is 0.444 e. The van der Waals surface area contributed by atoms with Gasteiger partial charge < -0.3 is 24.7 Å². The molecule has 0 aliphatic heterocycles. The molecule has 142 valence electrons. The first-order valence-corrected chi connectivity index (χ1v) is 8.84. The zero-order chi connectivity index (χ0) is 18.6. The Morgan fingerprint density at radius 3 is 2.77 bits per heavy atom. The Balaban J connectivity index is 1.71. The number of nitrogens with zero attached hydrogens (tertiary/aromatic N) is 3. The normalized spacial score (nSPS) is 11.8. The zero-order valence-corrected chi connectivity index (χ0v) is 15.9. The molecule has 7 heteroatoms. The van der Waals surface area contributed by atoms with Crippen molar-refractivity contribution >= 4 is 5.96 Å². The smallest absolute Gasteiger partial charge is 0.226 e. The van der Waals surface area contributed by atoms with E-state index in [-0.39, 0.29) is 0 Å². The maximum Gasteiger partial charge on any atom is 0.226 e. The molecule has 1 heterocycles. The number of rotatable bonds is 10. The van der Waals surface area contributed by atoms with Crippen LogP contribution < -0.4 is 10.6 Å². The van der Waals surface area contributed by atoms with E-state index in [2.05, 4.69) is 32.6 Å². The number of methoxy groups -OCH3 is 1. The van der Waals surface area contributed by atoms with Crippen molar-refractivity contribution in [1.82, 2.24) is 20.5 Å². The van der Waals surface area contributed by atoms with Crippen LogP contribution in [0.2, 0.25) is 0 Å². The number of ether oxygens (including phenoxy) is 1. The van der Waals surface area contributed by atoms with Gasteiger partial charge in [-0.1, -0.05) is 18.2 Å². The summed E-state index contributed by atoms with van der Waals surface area (Å²) in [6.07, 6.45) is 2.71. The Kier molecular flexibility index (Phi) is 8.65. The average molecular weight is 359 g/mol. The summed E-state index contributed by atoms with van der Waals surface area (Å²) in [5.74, 6) is 1.38. The predicted octanol–water partition coefficient (Wildman–Crippen LogP) is 1.97. The van der Waals surface area contributed by atoms with E-state index >= 15 is 0 Å². The average Bonchev–Trinajstić information content (AvgIpc) is 3.14. The second-order valence-corrected chi connectivity index (χ2v) is 6.01. The van der Waals surface area contributed by atoms with Crippen molar-refractivity contribution in [2.24, 2.45) is 4.99 Å². The lowest BCUT2D eigenvalue weighted by atomic mass is 10.2. The number of aliphatic imine (C=N–C) groups is 1. The van der Waals surface area contributed by atoms with Gasteiger partial charge in [-0.25, -0.2) is 4.98 Å². The molecule has 0 fully saturated rings. The number of hydrogen-bond acceptors (Lipinski definition) is 5. The van der Waals surface area contributed by atoms with E-state index in [1.54, 1.807) is 20.4 Å². The summed E-state index contributed by atoms with van der Waals surface area (Å²) in [4.78, 5) is 11.0. The molecule has 0 bridgehead atoms. The maximum atomic E-state index is 5.55. The molecule has 2 aromatic rings. The Hall–Kier alpha value is -2.38. The molecule has 1 aromatic heterocycles. The van der Waals surface area contributed by atoms with Crippen LogP contribution in [0, 0.1) is 0 Å². The fraction of sp³-hybridized carbons (Fsp3) is 0.474. The minimum Gasteiger partial charge on any atom is -0.444 e. The van der Waals surface area contributed by atoms with Crippen LogP contribution in [0.25, 0.3) is 11.5 Å². The molecule has 2 rings (SSSR count). The lowest BCUT2D eigenvalue weighted by Gasteiger charge is -2.17. The molecule has 0 saturated heterocycles. The van der Waals surface area contributed by atoms with Crippen LogP contribution in [0.4, 0.5) is 0 Å². The molecule has 0 aliphatic rings. The monoisotopic (exact) mass is 359 g/mol. The van der Waals surface area contributed by atoms with Crippen molar-refractivity contribution in [3.63, 3.8) is 0 Å². The van der Waals surface area contributed by atoms with E-state index in [4.69, 9.17) is 9.15 Å². The summed E-state index contributed by atoms with van der Waals surface area (Å²) >= 11 is 0. The number of guanidine groups is 1. The Labute approximate surface area is 155 Å². The Bertz CT molecular complexity index is 657. The Morgan fingerprint density at radius 1 is 1.23 bits per heavy atom. The van der Waals surface area contributed by atoms with Crippen molar-refractivity contribution in [3.05, 3.63) is 42.3 Å². The first-order valence-electron chi connectivity index (χ1n) is 8.84. The first kappa shape index (κ1) is 19.9.